The summed E-state index contributed by atoms with van der Waals surface area (Å²) in [7, 11) is 1.60. The molecule has 4 N–H and O–H groups in total. The predicted molar refractivity (Wildman–Crippen MR) is 110 cm³/mol. The van der Waals surface area contributed by atoms with E-state index < -0.39 is 0 Å². The van der Waals surface area contributed by atoms with Gasteiger partial charge in [-0.25, -0.2) is 0 Å². The summed E-state index contributed by atoms with van der Waals surface area (Å²) in [5.41, 5.74) is 8.73. The topological polar surface area (TPSA) is 74.4 Å². The molecule has 2 aromatic rings. The molecule has 0 aliphatic carbocycles. The highest BCUT2D eigenvalue weighted by molar-refractivity contribution is 7.80. The van der Waals surface area contributed by atoms with Crippen molar-refractivity contribution in [3.05, 3.63) is 52.5 Å². The van der Waals surface area contributed by atoms with E-state index in [9.17, 15) is 4.79 Å². The van der Waals surface area contributed by atoms with E-state index in [1.54, 1.807) is 7.11 Å². The molecule has 0 saturated heterocycles. The van der Waals surface area contributed by atoms with Gasteiger partial charge >= 0.3 is 0 Å². The maximum Gasteiger partial charge on any atom is 0.257 e. The van der Waals surface area contributed by atoms with Crippen molar-refractivity contribution < 1.29 is 9.53 Å². The zero-order valence-electron chi connectivity index (χ0n) is 14.8. The number of nitrogens with one attached hydrogen (secondary N) is 4. The van der Waals surface area contributed by atoms with Gasteiger partial charge in [0, 0.05) is 5.69 Å². The average Bonchev–Trinajstić information content (AvgIpc) is 2.61. The van der Waals surface area contributed by atoms with Gasteiger partial charge in [0.2, 0.25) is 0 Å². The van der Waals surface area contributed by atoms with Gasteiger partial charge in [0.25, 0.3) is 5.91 Å². The highest BCUT2D eigenvalue weighted by atomic mass is 35.5. The lowest BCUT2D eigenvalue weighted by Gasteiger charge is -2.15. The first-order chi connectivity index (χ1) is 12.4. The van der Waals surface area contributed by atoms with Gasteiger partial charge in [-0.1, -0.05) is 17.7 Å². The van der Waals surface area contributed by atoms with E-state index in [0.29, 0.717) is 10.7 Å². The molecule has 0 unspecified atom stereocenters. The summed E-state index contributed by atoms with van der Waals surface area (Å²) in [4.78, 5) is 11.9. The van der Waals surface area contributed by atoms with Crippen molar-refractivity contribution in [2.24, 2.45) is 0 Å². The van der Waals surface area contributed by atoms with Crippen molar-refractivity contribution >= 4 is 46.2 Å². The minimum absolute atomic E-state index is 0.0895. The van der Waals surface area contributed by atoms with Crippen molar-refractivity contribution in [3.63, 3.8) is 0 Å². The minimum atomic E-state index is -0.267. The molecule has 0 saturated carbocycles. The molecule has 0 radical (unpaired) electrons. The quantitative estimate of drug-likeness (QED) is 0.461. The van der Waals surface area contributed by atoms with Gasteiger partial charge in [-0.2, -0.15) is 0 Å². The lowest BCUT2D eigenvalue weighted by Crippen LogP contribution is -2.46. The minimum Gasteiger partial charge on any atom is -0.497 e. The van der Waals surface area contributed by atoms with Crippen LogP contribution in [0, 0.1) is 13.8 Å². The normalized spacial score (nSPS) is 10.0. The maximum atomic E-state index is 11.9. The van der Waals surface area contributed by atoms with Crippen LogP contribution in [0.15, 0.2) is 36.4 Å². The van der Waals surface area contributed by atoms with Gasteiger partial charge in [-0.15, -0.1) is 0 Å². The highest BCUT2D eigenvalue weighted by Gasteiger charge is 2.08. The Labute approximate surface area is 163 Å². The molecule has 0 aliphatic heterocycles. The average molecular weight is 393 g/mol. The molecule has 0 spiro atoms. The highest BCUT2D eigenvalue weighted by Crippen LogP contribution is 2.27. The number of anilines is 2. The smallest absolute Gasteiger partial charge is 0.257 e. The molecular formula is C18H21ClN4O2S. The van der Waals surface area contributed by atoms with Crippen LogP contribution < -0.4 is 26.2 Å². The van der Waals surface area contributed by atoms with Crippen LogP contribution in [0.1, 0.15) is 11.1 Å². The number of ether oxygens (including phenoxy) is 1. The summed E-state index contributed by atoms with van der Waals surface area (Å²) in [6.45, 7) is 3.99. The molecule has 0 bridgehead atoms. The SMILES string of the molecule is COc1ccc(NCC(=O)NNC(=S)Nc2c(C)cc(C)cc2Cl)cc1. The number of aryl methyl sites for hydroxylation is 2. The van der Waals surface area contributed by atoms with Crippen LogP contribution in [0.5, 0.6) is 5.75 Å². The molecule has 0 fully saturated rings. The summed E-state index contributed by atoms with van der Waals surface area (Å²) < 4.78 is 5.08. The van der Waals surface area contributed by atoms with Crippen LogP contribution in [-0.4, -0.2) is 24.7 Å². The lowest BCUT2D eigenvalue weighted by atomic mass is 10.1. The van der Waals surface area contributed by atoms with Crippen LogP contribution >= 0.6 is 23.8 Å². The van der Waals surface area contributed by atoms with Crippen LogP contribution in [-0.2, 0) is 4.79 Å². The molecule has 2 aromatic carbocycles. The van der Waals surface area contributed by atoms with Gasteiger partial charge in [0.15, 0.2) is 5.11 Å². The number of rotatable bonds is 5. The van der Waals surface area contributed by atoms with Gasteiger partial charge < -0.3 is 15.4 Å². The first-order valence-corrected chi connectivity index (χ1v) is 8.68. The molecule has 0 heterocycles. The van der Waals surface area contributed by atoms with E-state index in [-0.39, 0.29) is 17.6 Å². The van der Waals surface area contributed by atoms with Gasteiger partial charge in [0.05, 0.1) is 24.4 Å². The zero-order valence-corrected chi connectivity index (χ0v) is 16.3. The molecule has 0 atom stereocenters. The van der Waals surface area contributed by atoms with Gasteiger partial charge in [-0.3, -0.25) is 15.6 Å². The van der Waals surface area contributed by atoms with E-state index in [0.717, 1.165) is 22.6 Å². The Bertz CT molecular complexity index is 773. The first kappa shape index (κ1) is 19.8. The van der Waals surface area contributed by atoms with Crippen molar-refractivity contribution in [2.45, 2.75) is 13.8 Å². The third-order valence-electron chi connectivity index (χ3n) is 3.53. The molecule has 0 aliphatic rings. The molecule has 26 heavy (non-hydrogen) atoms. The van der Waals surface area contributed by atoms with Crippen molar-refractivity contribution in [1.29, 1.82) is 0 Å². The van der Waals surface area contributed by atoms with Crippen LogP contribution in [0.25, 0.3) is 0 Å². The molecule has 2 rings (SSSR count). The van der Waals surface area contributed by atoms with Crippen molar-refractivity contribution in [2.75, 3.05) is 24.3 Å². The fourth-order valence-corrected chi connectivity index (χ4v) is 2.80. The molecular weight excluding hydrogens is 372 g/mol. The second-order valence-corrected chi connectivity index (χ2v) is 6.46. The standard InChI is InChI=1S/C18H21ClN4O2S/c1-11-8-12(2)17(15(19)9-11)21-18(26)23-22-16(24)10-20-13-4-6-14(25-3)7-5-13/h4-9,20H,10H2,1-3H3,(H,22,24)(H2,21,23,26). The Morgan fingerprint density at radius 3 is 2.46 bits per heavy atom. The largest absolute Gasteiger partial charge is 0.497 e. The Balaban J connectivity index is 1.78. The number of carbonyl (C=O) groups excluding carboxylic acids is 1. The van der Waals surface area contributed by atoms with Crippen LogP contribution in [0.2, 0.25) is 5.02 Å². The van der Waals surface area contributed by atoms with E-state index in [2.05, 4.69) is 21.5 Å². The second kappa shape index (κ2) is 9.26. The fourth-order valence-electron chi connectivity index (χ4n) is 2.28. The molecule has 0 aromatic heterocycles. The molecule has 138 valence electrons. The van der Waals surface area contributed by atoms with Crippen LogP contribution in [0.4, 0.5) is 11.4 Å². The number of carbonyl (C=O) groups is 1. The fraction of sp³-hybridized carbons (Fsp3) is 0.222. The third kappa shape index (κ3) is 5.79. The monoisotopic (exact) mass is 392 g/mol. The van der Waals surface area contributed by atoms with Crippen molar-refractivity contribution in [1.82, 2.24) is 10.9 Å². The van der Waals surface area contributed by atoms with E-state index in [1.165, 1.54) is 0 Å². The Kier molecular flexibility index (Phi) is 7.06. The number of halogens is 1. The van der Waals surface area contributed by atoms with E-state index in [1.807, 2.05) is 50.2 Å². The number of hydrogen-bond donors (Lipinski definition) is 4. The Morgan fingerprint density at radius 2 is 1.85 bits per heavy atom. The number of amides is 1. The zero-order chi connectivity index (χ0) is 19.1. The van der Waals surface area contributed by atoms with Crippen LogP contribution in [0.3, 0.4) is 0 Å². The number of hydrogen-bond acceptors (Lipinski definition) is 4. The first-order valence-electron chi connectivity index (χ1n) is 7.89. The molecule has 6 nitrogen and oxygen atoms in total. The van der Waals surface area contributed by atoms with E-state index in [4.69, 9.17) is 28.6 Å². The Hall–Kier alpha value is -2.51. The second-order valence-electron chi connectivity index (χ2n) is 5.65. The third-order valence-corrected chi connectivity index (χ3v) is 4.03. The maximum absolute atomic E-state index is 11.9. The summed E-state index contributed by atoms with van der Waals surface area (Å²) in [5.74, 6) is 0.486. The van der Waals surface area contributed by atoms with E-state index >= 15 is 0 Å². The van der Waals surface area contributed by atoms with Gasteiger partial charge in [-0.05, 0) is 67.5 Å². The van der Waals surface area contributed by atoms with Gasteiger partial charge in [0.1, 0.15) is 5.75 Å². The molecule has 8 heteroatoms. The van der Waals surface area contributed by atoms with Crippen molar-refractivity contribution in [3.8, 4) is 5.75 Å². The summed E-state index contributed by atoms with van der Waals surface area (Å²) in [5, 5.41) is 6.80. The summed E-state index contributed by atoms with van der Waals surface area (Å²) in [6, 6.07) is 11.1. The predicted octanol–water partition coefficient (Wildman–Crippen LogP) is 3.40. The summed E-state index contributed by atoms with van der Waals surface area (Å²) in [6.07, 6.45) is 0. The Morgan fingerprint density at radius 1 is 1.15 bits per heavy atom. The summed E-state index contributed by atoms with van der Waals surface area (Å²) >= 11 is 11.4. The lowest BCUT2D eigenvalue weighted by molar-refractivity contribution is -0.119. The number of benzene rings is 2. The number of thiocarbonyl (C=S) groups is 1. The number of methoxy groups -OCH3 is 1. The number of hydrazine groups is 1. The molecule has 1 amide bonds.